The Hall–Kier alpha value is -1.32. The molecule has 0 spiro atoms. The SMILES string of the molecule is C=CCCNC(=O)C(=O)NCC. The molecule has 0 bridgehead atoms. The van der Waals surface area contributed by atoms with Crippen molar-refractivity contribution in [3.05, 3.63) is 12.7 Å². The Morgan fingerprint density at radius 2 is 1.92 bits per heavy atom. The summed E-state index contributed by atoms with van der Waals surface area (Å²) in [5.74, 6) is -1.17. The number of likely N-dealkylation sites (N-methyl/N-ethyl adjacent to an activating group) is 1. The fourth-order valence-corrected chi connectivity index (χ4v) is 0.609. The van der Waals surface area contributed by atoms with Crippen LogP contribution < -0.4 is 10.6 Å². The van der Waals surface area contributed by atoms with E-state index in [1.54, 1.807) is 13.0 Å². The molecule has 2 N–H and O–H groups in total. The average molecular weight is 170 g/mol. The van der Waals surface area contributed by atoms with Crippen molar-refractivity contribution in [1.29, 1.82) is 0 Å². The maximum Gasteiger partial charge on any atom is 0.309 e. The second-order valence-corrected chi connectivity index (χ2v) is 2.19. The molecule has 0 aliphatic rings. The molecular weight excluding hydrogens is 156 g/mol. The molecule has 0 aliphatic carbocycles. The standard InChI is InChI=1S/C8H14N2O2/c1-3-5-6-10-8(12)7(11)9-4-2/h3H,1,4-6H2,2H3,(H,9,11)(H,10,12). The first-order chi connectivity index (χ1) is 5.72. The molecule has 4 heteroatoms. The summed E-state index contributed by atoms with van der Waals surface area (Å²) in [5, 5.41) is 4.84. The van der Waals surface area contributed by atoms with Crippen molar-refractivity contribution in [3.8, 4) is 0 Å². The minimum atomic E-state index is -0.585. The molecule has 12 heavy (non-hydrogen) atoms. The molecule has 0 fully saturated rings. The molecule has 0 unspecified atom stereocenters. The van der Waals surface area contributed by atoms with E-state index in [4.69, 9.17) is 0 Å². The van der Waals surface area contributed by atoms with E-state index in [0.29, 0.717) is 19.5 Å². The van der Waals surface area contributed by atoms with Crippen LogP contribution in [0.1, 0.15) is 13.3 Å². The molecule has 0 rings (SSSR count). The average Bonchev–Trinajstić information content (AvgIpc) is 2.05. The lowest BCUT2D eigenvalue weighted by Crippen LogP contribution is -2.39. The maximum atomic E-state index is 10.9. The second-order valence-electron chi connectivity index (χ2n) is 2.19. The van der Waals surface area contributed by atoms with Crippen LogP contribution in [0.25, 0.3) is 0 Å². The first-order valence-corrected chi connectivity index (χ1v) is 3.89. The molecule has 0 aromatic heterocycles. The highest BCUT2D eigenvalue weighted by atomic mass is 16.2. The summed E-state index contributed by atoms with van der Waals surface area (Å²) in [7, 11) is 0. The van der Waals surface area contributed by atoms with Gasteiger partial charge in [-0.15, -0.1) is 6.58 Å². The molecule has 0 saturated carbocycles. The van der Waals surface area contributed by atoms with Crippen molar-refractivity contribution >= 4 is 11.8 Å². The van der Waals surface area contributed by atoms with Crippen molar-refractivity contribution in [2.75, 3.05) is 13.1 Å². The van der Waals surface area contributed by atoms with Gasteiger partial charge < -0.3 is 10.6 Å². The van der Waals surface area contributed by atoms with Crippen LogP contribution in [-0.4, -0.2) is 24.9 Å². The first kappa shape index (κ1) is 10.7. The summed E-state index contributed by atoms with van der Waals surface area (Å²) in [6.45, 7) is 6.17. The van der Waals surface area contributed by atoms with E-state index < -0.39 is 11.8 Å². The Bertz CT molecular complexity index is 178. The monoisotopic (exact) mass is 170 g/mol. The smallest absolute Gasteiger partial charge is 0.309 e. The lowest BCUT2D eigenvalue weighted by molar-refractivity contribution is -0.139. The van der Waals surface area contributed by atoms with Crippen LogP contribution in [0.4, 0.5) is 0 Å². The highest BCUT2D eigenvalue weighted by Crippen LogP contribution is 1.75. The molecule has 0 saturated heterocycles. The van der Waals surface area contributed by atoms with E-state index in [1.807, 2.05) is 0 Å². The third-order valence-electron chi connectivity index (χ3n) is 1.18. The van der Waals surface area contributed by atoms with E-state index in [2.05, 4.69) is 17.2 Å². The van der Waals surface area contributed by atoms with Gasteiger partial charge in [0.25, 0.3) is 0 Å². The van der Waals surface area contributed by atoms with Gasteiger partial charge in [0, 0.05) is 13.1 Å². The second kappa shape index (κ2) is 6.39. The maximum absolute atomic E-state index is 10.9. The van der Waals surface area contributed by atoms with Crippen molar-refractivity contribution in [1.82, 2.24) is 10.6 Å². The highest BCUT2D eigenvalue weighted by molar-refractivity contribution is 6.35. The molecule has 0 aromatic carbocycles. The largest absolute Gasteiger partial charge is 0.348 e. The zero-order valence-electron chi connectivity index (χ0n) is 7.22. The normalized spacial score (nSPS) is 8.75. The van der Waals surface area contributed by atoms with Gasteiger partial charge in [-0.25, -0.2) is 0 Å². The summed E-state index contributed by atoms with van der Waals surface area (Å²) in [6.07, 6.45) is 2.35. The number of nitrogens with one attached hydrogen (secondary N) is 2. The quantitative estimate of drug-likeness (QED) is 0.349. The Balaban J connectivity index is 3.57. The molecule has 2 amide bonds. The highest BCUT2D eigenvalue weighted by Gasteiger charge is 2.09. The fourth-order valence-electron chi connectivity index (χ4n) is 0.609. The summed E-state index contributed by atoms with van der Waals surface area (Å²) in [6, 6.07) is 0. The van der Waals surface area contributed by atoms with Gasteiger partial charge in [-0.2, -0.15) is 0 Å². The molecule has 4 nitrogen and oxygen atoms in total. The Kier molecular flexibility index (Phi) is 5.69. The van der Waals surface area contributed by atoms with Gasteiger partial charge in [-0.05, 0) is 13.3 Å². The molecule has 0 atom stereocenters. The third kappa shape index (κ3) is 4.49. The number of hydrogen-bond acceptors (Lipinski definition) is 2. The predicted molar refractivity (Wildman–Crippen MR) is 46.5 cm³/mol. The van der Waals surface area contributed by atoms with Gasteiger partial charge in [-0.3, -0.25) is 9.59 Å². The summed E-state index contributed by atoms with van der Waals surface area (Å²) >= 11 is 0. The van der Waals surface area contributed by atoms with Crippen molar-refractivity contribution in [2.45, 2.75) is 13.3 Å². The van der Waals surface area contributed by atoms with Crippen LogP contribution in [0.3, 0.4) is 0 Å². The number of rotatable bonds is 4. The summed E-state index contributed by atoms with van der Waals surface area (Å²) < 4.78 is 0. The van der Waals surface area contributed by atoms with Crippen LogP contribution >= 0.6 is 0 Å². The Morgan fingerprint density at radius 3 is 2.42 bits per heavy atom. The van der Waals surface area contributed by atoms with Gasteiger partial charge >= 0.3 is 11.8 Å². The van der Waals surface area contributed by atoms with Crippen molar-refractivity contribution in [3.63, 3.8) is 0 Å². The summed E-state index contributed by atoms with van der Waals surface area (Å²) in [5.41, 5.74) is 0. The van der Waals surface area contributed by atoms with E-state index >= 15 is 0 Å². The molecule has 68 valence electrons. The van der Waals surface area contributed by atoms with E-state index in [9.17, 15) is 9.59 Å². The van der Waals surface area contributed by atoms with E-state index in [0.717, 1.165) is 0 Å². The Morgan fingerprint density at radius 1 is 1.33 bits per heavy atom. The van der Waals surface area contributed by atoms with Gasteiger partial charge in [0.05, 0.1) is 0 Å². The minimum absolute atomic E-state index is 0.458. The van der Waals surface area contributed by atoms with Crippen LogP contribution in [-0.2, 0) is 9.59 Å². The lowest BCUT2D eigenvalue weighted by atomic mass is 10.4. The van der Waals surface area contributed by atoms with Gasteiger partial charge in [0.15, 0.2) is 0 Å². The topological polar surface area (TPSA) is 58.2 Å². The molecule has 0 aromatic rings. The summed E-state index contributed by atoms with van der Waals surface area (Å²) in [4.78, 5) is 21.6. The van der Waals surface area contributed by atoms with Crippen LogP contribution in [0.2, 0.25) is 0 Å². The first-order valence-electron chi connectivity index (χ1n) is 3.89. The number of amides is 2. The van der Waals surface area contributed by atoms with Gasteiger partial charge in [-0.1, -0.05) is 6.08 Å². The van der Waals surface area contributed by atoms with Crippen LogP contribution in [0, 0.1) is 0 Å². The Labute approximate surface area is 72.0 Å². The van der Waals surface area contributed by atoms with Gasteiger partial charge in [0.2, 0.25) is 0 Å². The van der Waals surface area contributed by atoms with Crippen molar-refractivity contribution < 1.29 is 9.59 Å². The van der Waals surface area contributed by atoms with E-state index in [1.165, 1.54) is 0 Å². The fraction of sp³-hybridized carbons (Fsp3) is 0.500. The van der Waals surface area contributed by atoms with Crippen LogP contribution in [0.5, 0.6) is 0 Å². The number of carbonyl (C=O) groups is 2. The zero-order chi connectivity index (χ0) is 9.40. The predicted octanol–water partition coefficient (Wildman–Crippen LogP) is -0.185. The van der Waals surface area contributed by atoms with Crippen LogP contribution in [0.15, 0.2) is 12.7 Å². The zero-order valence-corrected chi connectivity index (χ0v) is 7.22. The lowest BCUT2D eigenvalue weighted by Gasteiger charge is -2.02. The van der Waals surface area contributed by atoms with Crippen molar-refractivity contribution in [2.24, 2.45) is 0 Å². The third-order valence-corrected chi connectivity index (χ3v) is 1.18. The molecule has 0 heterocycles. The number of carbonyl (C=O) groups excluding carboxylic acids is 2. The van der Waals surface area contributed by atoms with E-state index in [-0.39, 0.29) is 0 Å². The molecule has 0 radical (unpaired) electrons. The molecular formula is C8H14N2O2. The molecule has 0 aliphatic heterocycles. The minimum Gasteiger partial charge on any atom is -0.348 e. The number of hydrogen-bond donors (Lipinski definition) is 2. The van der Waals surface area contributed by atoms with Gasteiger partial charge in [0.1, 0.15) is 0 Å².